The van der Waals surface area contributed by atoms with E-state index >= 15 is 0 Å². The number of piperazine rings is 1. The van der Waals surface area contributed by atoms with E-state index in [9.17, 15) is 4.79 Å². The van der Waals surface area contributed by atoms with Crippen LogP contribution in [0, 0.1) is 0 Å². The second-order valence-corrected chi connectivity index (χ2v) is 8.23. The van der Waals surface area contributed by atoms with Crippen LogP contribution in [-0.4, -0.2) is 71.2 Å². The van der Waals surface area contributed by atoms with Gasteiger partial charge in [-0.1, -0.05) is 11.3 Å². The van der Waals surface area contributed by atoms with Gasteiger partial charge in [-0.2, -0.15) is 0 Å². The predicted octanol–water partition coefficient (Wildman–Crippen LogP) is 1.92. The monoisotopic (exact) mass is 386 g/mol. The molecule has 7 nitrogen and oxygen atoms in total. The van der Waals surface area contributed by atoms with E-state index in [0.717, 1.165) is 73.5 Å². The first-order valence-electron chi connectivity index (χ1n) is 9.54. The number of nitrogens with two attached hydrogens (primary N) is 1. The third-order valence-electron chi connectivity index (χ3n) is 5.58. The highest BCUT2D eigenvalue weighted by molar-refractivity contribution is 7.18. The normalized spacial score (nSPS) is 19.4. The van der Waals surface area contributed by atoms with Crippen molar-refractivity contribution in [2.75, 3.05) is 49.9 Å². The van der Waals surface area contributed by atoms with Gasteiger partial charge in [0.1, 0.15) is 5.01 Å². The molecule has 1 aromatic heterocycles. The number of hydrogen-bond acceptors (Lipinski definition) is 7. The highest BCUT2D eigenvalue weighted by Gasteiger charge is 2.29. The van der Waals surface area contributed by atoms with Crippen molar-refractivity contribution in [3.8, 4) is 10.6 Å². The fourth-order valence-electron chi connectivity index (χ4n) is 3.91. The molecule has 8 heteroatoms. The Morgan fingerprint density at radius 3 is 2.33 bits per heavy atom. The zero-order valence-electron chi connectivity index (χ0n) is 15.7. The SMILES string of the molecule is CC(=O)N1CCN(C2CCN(c3nnc(-c4ccc(N)cc4)s3)CC2)CC1. The average molecular weight is 387 g/mol. The van der Waals surface area contributed by atoms with Crippen molar-refractivity contribution in [3.63, 3.8) is 0 Å². The number of benzene rings is 1. The summed E-state index contributed by atoms with van der Waals surface area (Å²) in [5.41, 5.74) is 7.58. The first kappa shape index (κ1) is 18.2. The van der Waals surface area contributed by atoms with Gasteiger partial charge in [0.15, 0.2) is 0 Å². The van der Waals surface area contributed by atoms with E-state index in [2.05, 4.69) is 20.0 Å². The van der Waals surface area contributed by atoms with Gasteiger partial charge in [-0.3, -0.25) is 9.69 Å². The molecule has 2 aliphatic heterocycles. The lowest BCUT2D eigenvalue weighted by atomic mass is 10.0. The van der Waals surface area contributed by atoms with Crippen LogP contribution in [0.4, 0.5) is 10.8 Å². The molecule has 0 saturated carbocycles. The van der Waals surface area contributed by atoms with E-state index in [-0.39, 0.29) is 5.91 Å². The van der Waals surface area contributed by atoms with Gasteiger partial charge in [0, 0.05) is 63.5 Å². The third kappa shape index (κ3) is 4.06. The highest BCUT2D eigenvalue weighted by Crippen LogP contribution is 2.31. The van der Waals surface area contributed by atoms with Gasteiger partial charge in [0.2, 0.25) is 11.0 Å². The summed E-state index contributed by atoms with van der Waals surface area (Å²) < 4.78 is 0. The molecule has 1 amide bonds. The van der Waals surface area contributed by atoms with Gasteiger partial charge in [-0.05, 0) is 37.1 Å². The number of aromatic nitrogens is 2. The van der Waals surface area contributed by atoms with Gasteiger partial charge < -0.3 is 15.5 Å². The van der Waals surface area contributed by atoms with E-state index in [0.29, 0.717) is 6.04 Å². The lowest BCUT2D eigenvalue weighted by Gasteiger charge is -2.42. The average Bonchev–Trinajstić information content (AvgIpc) is 3.19. The molecule has 0 unspecified atom stereocenters. The van der Waals surface area contributed by atoms with Gasteiger partial charge in [0.05, 0.1) is 0 Å². The van der Waals surface area contributed by atoms with E-state index < -0.39 is 0 Å². The second kappa shape index (κ2) is 7.82. The van der Waals surface area contributed by atoms with Gasteiger partial charge >= 0.3 is 0 Å². The van der Waals surface area contributed by atoms with E-state index in [1.807, 2.05) is 29.2 Å². The van der Waals surface area contributed by atoms with E-state index in [4.69, 9.17) is 5.73 Å². The zero-order chi connectivity index (χ0) is 18.8. The Morgan fingerprint density at radius 1 is 1.04 bits per heavy atom. The van der Waals surface area contributed by atoms with Crippen LogP contribution < -0.4 is 10.6 Å². The van der Waals surface area contributed by atoms with E-state index in [1.165, 1.54) is 0 Å². The number of carbonyl (C=O) groups excluding carboxylic acids is 1. The second-order valence-electron chi connectivity index (χ2n) is 7.27. The van der Waals surface area contributed by atoms with Crippen LogP contribution in [0.2, 0.25) is 0 Å². The number of piperidine rings is 1. The maximum Gasteiger partial charge on any atom is 0.219 e. The Bertz CT molecular complexity index is 776. The van der Waals surface area contributed by atoms with Crippen molar-refractivity contribution in [2.45, 2.75) is 25.8 Å². The number of anilines is 2. The topological polar surface area (TPSA) is 78.6 Å². The molecular weight excluding hydrogens is 360 g/mol. The molecular formula is C19H26N6OS. The van der Waals surface area contributed by atoms with Crippen molar-refractivity contribution in [3.05, 3.63) is 24.3 Å². The maximum atomic E-state index is 11.5. The zero-order valence-corrected chi connectivity index (χ0v) is 16.5. The molecule has 27 heavy (non-hydrogen) atoms. The van der Waals surface area contributed by atoms with Gasteiger partial charge in [0.25, 0.3) is 0 Å². The summed E-state index contributed by atoms with van der Waals surface area (Å²) in [7, 11) is 0. The molecule has 0 aliphatic carbocycles. The van der Waals surface area contributed by atoms with Crippen LogP contribution in [0.1, 0.15) is 19.8 Å². The number of hydrogen-bond donors (Lipinski definition) is 1. The molecule has 0 radical (unpaired) electrons. The van der Waals surface area contributed by atoms with Crippen LogP contribution in [0.15, 0.2) is 24.3 Å². The number of amides is 1. The molecule has 0 bridgehead atoms. The number of carbonyl (C=O) groups is 1. The molecule has 144 valence electrons. The van der Waals surface area contributed by atoms with E-state index in [1.54, 1.807) is 18.3 Å². The minimum absolute atomic E-state index is 0.192. The standard InChI is InChI=1S/C19H26N6OS/c1-14(26)23-10-12-24(13-11-23)17-6-8-25(9-7-17)19-22-21-18(27-19)15-2-4-16(20)5-3-15/h2-5,17H,6-13,20H2,1H3. The molecule has 2 aliphatic rings. The van der Waals surface area contributed by atoms with Gasteiger partial charge in [-0.15, -0.1) is 10.2 Å². The Morgan fingerprint density at radius 2 is 1.70 bits per heavy atom. The Hall–Kier alpha value is -2.19. The molecule has 2 fully saturated rings. The summed E-state index contributed by atoms with van der Waals surface area (Å²) in [6, 6.07) is 8.39. The minimum atomic E-state index is 0.192. The largest absolute Gasteiger partial charge is 0.399 e. The Kier molecular flexibility index (Phi) is 5.27. The summed E-state index contributed by atoms with van der Waals surface area (Å²) in [6.07, 6.45) is 2.27. The summed E-state index contributed by atoms with van der Waals surface area (Å²) >= 11 is 1.64. The fraction of sp³-hybridized carbons (Fsp3) is 0.526. The quantitative estimate of drug-likeness (QED) is 0.812. The van der Waals surface area contributed by atoms with Crippen molar-refractivity contribution in [1.82, 2.24) is 20.0 Å². The first-order valence-corrected chi connectivity index (χ1v) is 10.4. The molecule has 0 spiro atoms. The highest BCUT2D eigenvalue weighted by atomic mass is 32.1. The van der Waals surface area contributed by atoms with Crippen LogP contribution >= 0.6 is 11.3 Å². The van der Waals surface area contributed by atoms with Crippen LogP contribution in [0.3, 0.4) is 0 Å². The number of nitrogens with zero attached hydrogens (tertiary/aromatic N) is 5. The predicted molar refractivity (Wildman–Crippen MR) is 109 cm³/mol. The van der Waals surface area contributed by atoms with Crippen LogP contribution in [-0.2, 0) is 4.79 Å². The first-order chi connectivity index (χ1) is 13.1. The minimum Gasteiger partial charge on any atom is -0.399 e. The molecule has 0 atom stereocenters. The summed E-state index contributed by atoms with van der Waals surface area (Å²) in [5, 5.41) is 10.7. The molecule has 1 aromatic carbocycles. The Labute approximate surface area is 163 Å². The van der Waals surface area contributed by atoms with Crippen LogP contribution in [0.25, 0.3) is 10.6 Å². The van der Waals surface area contributed by atoms with Crippen molar-refractivity contribution in [2.24, 2.45) is 0 Å². The summed E-state index contributed by atoms with van der Waals surface area (Å²) in [5.74, 6) is 0.192. The number of nitrogen functional groups attached to an aromatic ring is 1. The third-order valence-corrected chi connectivity index (χ3v) is 6.62. The summed E-state index contributed by atoms with van der Waals surface area (Å²) in [4.78, 5) is 18.3. The smallest absolute Gasteiger partial charge is 0.219 e. The Balaban J connectivity index is 1.32. The van der Waals surface area contributed by atoms with Crippen molar-refractivity contribution < 1.29 is 4.79 Å². The maximum absolute atomic E-state index is 11.5. The van der Waals surface area contributed by atoms with Crippen LogP contribution in [0.5, 0.6) is 0 Å². The molecule has 2 N–H and O–H groups in total. The number of rotatable bonds is 3. The fourth-order valence-corrected chi connectivity index (χ4v) is 4.81. The molecule has 3 heterocycles. The van der Waals surface area contributed by atoms with Crippen molar-refractivity contribution in [1.29, 1.82) is 0 Å². The van der Waals surface area contributed by atoms with Crippen molar-refractivity contribution >= 4 is 28.1 Å². The lowest BCUT2D eigenvalue weighted by Crippen LogP contribution is -2.54. The molecule has 2 aromatic rings. The van der Waals surface area contributed by atoms with Gasteiger partial charge in [-0.25, -0.2) is 0 Å². The summed E-state index contributed by atoms with van der Waals surface area (Å²) in [6.45, 7) is 7.37. The molecule has 4 rings (SSSR count). The molecule has 2 saturated heterocycles. The lowest BCUT2D eigenvalue weighted by molar-refractivity contribution is -0.130.